The van der Waals surface area contributed by atoms with Gasteiger partial charge < -0.3 is 0 Å². The van der Waals surface area contributed by atoms with E-state index in [-0.39, 0.29) is 27.4 Å². The van der Waals surface area contributed by atoms with Gasteiger partial charge in [0.25, 0.3) is 0 Å². The second-order valence-electron chi connectivity index (χ2n) is 13.5. The van der Waals surface area contributed by atoms with Crippen LogP contribution in [0.25, 0.3) is 0 Å². The predicted molar refractivity (Wildman–Crippen MR) is 125 cm³/mol. The minimum atomic E-state index is -0.477. The van der Waals surface area contributed by atoms with Crippen molar-refractivity contribution in [2.24, 2.45) is 50.7 Å². The molecule has 0 aliphatic heterocycles. The molecule has 0 aromatic rings. The molecule has 4 saturated carbocycles. The summed E-state index contributed by atoms with van der Waals surface area (Å²) >= 11 is 0. The molecule has 0 amide bonds. The molecule has 5 aliphatic rings. The highest BCUT2D eigenvalue weighted by Gasteiger charge is 2.70. The molecule has 0 bridgehead atoms. The molecule has 4 fully saturated rings. The molecule has 8 atom stereocenters. The molecule has 0 saturated heterocycles. The van der Waals surface area contributed by atoms with Crippen molar-refractivity contribution in [1.29, 1.82) is 5.26 Å². The molecule has 5 rings (SSSR count). The van der Waals surface area contributed by atoms with Gasteiger partial charge in [-0.3, -0.25) is 9.59 Å². The first-order chi connectivity index (χ1) is 14.9. The average Bonchev–Trinajstić information content (AvgIpc) is 3.17. The number of ketones is 2. The summed E-state index contributed by atoms with van der Waals surface area (Å²) in [6.45, 7) is 13.5. The molecule has 0 aromatic heterocycles. The average molecular weight is 436 g/mol. The molecule has 0 spiro atoms. The van der Waals surface area contributed by atoms with Crippen LogP contribution in [0, 0.1) is 62.1 Å². The number of hydrogen-bond acceptors (Lipinski definition) is 3. The molecule has 5 aliphatic carbocycles. The Bertz CT molecular complexity index is 955. The highest BCUT2D eigenvalue weighted by atomic mass is 16.1. The van der Waals surface area contributed by atoms with Crippen LogP contribution in [0.5, 0.6) is 0 Å². The van der Waals surface area contributed by atoms with E-state index in [1.165, 1.54) is 19.3 Å². The fraction of sp³-hybridized carbons (Fsp3) is 0.828. The van der Waals surface area contributed by atoms with Crippen molar-refractivity contribution in [3.05, 3.63) is 11.6 Å². The summed E-state index contributed by atoms with van der Waals surface area (Å²) in [5.74, 6) is 2.44. The molecule has 0 heterocycles. The van der Waals surface area contributed by atoms with Crippen molar-refractivity contribution in [1.82, 2.24) is 0 Å². The van der Waals surface area contributed by atoms with Crippen LogP contribution in [-0.2, 0) is 9.59 Å². The van der Waals surface area contributed by atoms with Crippen LogP contribution in [0.2, 0.25) is 0 Å². The Morgan fingerprint density at radius 3 is 2.28 bits per heavy atom. The molecule has 0 radical (unpaired) electrons. The Kier molecular flexibility index (Phi) is 4.60. The number of nitrogens with zero attached hydrogens (tertiary/aromatic N) is 1. The lowest BCUT2D eigenvalue weighted by Gasteiger charge is -2.71. The first kappa shape index (κ1) is 22.4. The van der Waals surface area contributed by atoms with Gasteiger partial charge in [-0.1, -0.05) is 47.1 Å². The maximum absolute atomic E-state index is 13.1. The minimum Gasteiger partial charge on any atom is -0.299 e. The summed E-state index contributed by atoms with van der Waals surface area (Å²) in [5, 5.41) is 9.81. The van der Waals surface area contributed by atoms with E-state index in [0.717, 1.165) is 38.5 Å². The van der Waals surface area contributed by atoms with Crippen LogP contribution in [0.4, 0.5) is 0 Å². The van der Waals surface area contributed by atoms with E-state index >= 15 is 0 Å². The van der Waals surface area contributed by atoms with E-state index in [0.29, 0.717) is 35.0 Å². The van der Waals surface area contributed by atoms with E-state index in [2.05, 4.69) is 46.8 Å². The van der Waals surface area contributed by atoms with Gasteiger partial charge in [0.2, 0.25) is 0 Å². The van der Waals surface area contributed by atoms with Crippen molar-refractivity contribution < 1.29 is 9.59 Å². The first-order valence-corrected chi connectivity index (χ1v) is 13.1. The van der Waals surface area contributed by atoms with Crippen LogP contribution < -0.4 is 0 Å². The number of carbonyl (C=O) groups is 2. The van der Waals surface area contributed by atoms with E-state index in [1.54, 1.807) is 0 Å². The number of Topliss-reactive ketones (excluding diaryl/α,β-unsaturated/α-hetero) is 2. The lowest BCUT2D eigenvalue weighted by atomic mass is 9.33. The number of hydrogen-bond donors (Lipinski definition) is 0. The second kappa shape index (κ2) is 6.58. The van der Waals surface area contributed by atoms with Crippen LogP contribution in [0.1, 0.15) is 99.3 Å². The maximum atomic E-state index is 13.1. The van der Waals surface area contributed by atoms with Gasteiger partial charge in [0.1, 0.15) is 11.9 Å². The molecule has 0 N–H and O–H groups in total. The molecular weight excluding hydrogens is 394 g/mol. The summed E-state index contributed by atoms with van der Waals surface area (Å²) in [7, 11) is 0. The van der Waals surface area contributed by atoms with Crippen molar-refractivity contribution in [3.63, 3.8) is 0 Å². The third-order valence-corrected chi connectivity index (χ3v) is 12.5. The van der Waals surface area contributed by atoms with Gasteiger partial charge >= 0.3 is 0 Å². The van der Waals surface area contributed by atoms with Gasteiger partial charge in [-0.05, 0) is 98.2 Å². The zero-order valence-electron chi connectivity index (χ0n) is 21.0. The predicted octanol–water partition coefficient (Wildman–Crippen LogP) is 6.67. The number of nitriles is 1. The fourth-order valence-corrected chi connectivity index (χ4v) is 10.8. The second-order valence-corrected chi connectivity index (χ2v) is 13.5. The minimum absolute atomic E-state index is 0.0424. The van der Waals surface area contributed by atoms with Gasteiger partial charge in [0, 0.05) is 10.8 Å². The summed E-state index contributed by atoms with van der Waals surface area (Å²) in [6.07, 6.45) is 12.4. The number of carbonyl (C=O) groups excluding carboxylic acids is 2. The van der Waals surface area contributed by atoms with Crippen molar-refractivity contribution in [2.45, 2.75) is 99.3 Å². The van der Waals surface area contributed by atoms with Gasteiger partial charge in [0.05, 0.1) is 5.57 Å². The quantitative estimate of drug-likeness (QED) is 0.462. The van der Waals surface area contributed by atoms with Crippen molar-refractivity contribution >= 4 is 11.6 Å². The normalized spacial score (nSPS) is 51.4. The maximum Gasteiger partial charge on any atom is 0.178 e. The SMILES string of the molecule is CC(=O)[C@]12CCCC1C1CCC3C4(C)C=C(C#N)C(=O)C(C)(C)C4CCC3(C)[C@]1(C)CC2. The van der Waals surface area contributed by atoms with Crippen LogP contribution in [-0.4, -0.2) is 11.6 Å². The summed E-state index contributed by atoms with van der Waals surface area (Å²) in [5.41, 5.74) is 0.149. The largest absolute Gasteiger partial charge is 0.299 e. The Morgan fingerprint density at radius 2 is 1.62 bits per heavy atom. The molecule has 174 valence electrons. The van der Waals surface area contributed by atoms with Crippen molar-refractivity contribution in [3.8, 4) is 6.07 Å². The van der Waals surface area contributed by atoms with E-state index in [4.69, 9.17) is 0 Å². The number of rotatable bonds is 1. The van der Waals surface area contributed by atoms with Gasteiger partial charge in [-0.15, -0.1) is 0 Å². The standard InChI is InChI=1S/C29H41NO2/c1-18(31)29-12-7-8-21(29)20-9-10-23-26(4)16-19(17-30)24(32)25(2,3)22(26)11-13-28(23,6)27(20,5)14-15-29/h16,20-23H,7-15H2,1-6H3/t20?,21?,22?,23?,26?,27-,28?,29-/m1/s1. The molecule has 3 heteroatoms. The van der Waals surface area contributed by atoms with Gasteiger partial charge in [-0.2, -0.15) is 5.26 Å². The zero-order chi connectivity index (χ0) is 23.3. The molecule has 6 unspecified atom stereocenters. The van der Waals surface area contributed by atoms with Crippen LogP contribution in [0.3, 0.4) is 0 Å². The highest BCUT2D eigenvalue weighted by Crippen LogP contribution is 2.76. The van der Waals surface area contributed by atoms with Crippen molar-refractivity contribution in [2.75, 3.05) is 0 Å². The number of fused-ring (bicyclic) bond motifs is 7. The Hall–Kier alpha value is -1.43. The van der Waals surface area contributed by atoms with E-state index in [1.807, 2.05) is 6.92 Å². The first-order valence-electron chi connectivity index (χ1n) is 13.1. The summed E-state index contributed by atoms with van der Waals surface area (Å²) in [6, 6.07) is 2.26. The summed E-state index contributed by atoms with van der Waals surface area (Å²) in [4.78, 5) is 26.0. The fourth-order valence-electron chi connectivity index (χ4n) is 10.8. The Balaban J connectivity index is 1.60. The number of allylic oxidation sites excluding steroid dienone is 2. The van der Waals surface area contributed by atoms with Crippen LogP contribution in [0.15, 0.2) is 11.6 Å². The van der Waals surface area contributed by atoms with Gasteiger partial charge in [0.15, 0.2) is 5.78 Å². The lowest BCUT2D eigenvalue weighted by molar-refractivity contribution is -0.214. The Morgan fingerprint density at radius 1 is 0.906 bits per heavy atom. The summed E-state index contributed by atoms with van der Waals surface area (Å²) < 4.78 is 0. The smallest absolute Gasteiger partial charge is 0.178 e. The highest BCUT2D eigenvalue weighted by molar-refractivity contribution is 6.04. The van der Waals surface area contributed by atoms with Gasteiger partial charge in [-0.25, -0.2) is 0 Å². The molecule has 3 nitrogen and oxygen atoms in total. The lowest BCUT2D eigenvalue weighted by Crippen LogP contribution is -2.65. The van der Waals surface area contributed by atoms with Crippen LogP contribution >= 0.6 is 0 Å². The zero-order valence-corrected chi connectivity index (χ0v) is 21.0. The molecular formula is C29H41NO2. The monoisotopic (exact) mass is 435 g/mol. The third-order valence-electron chi connectivity index (χ3n) is 12.5. The van der Waals surface area contributed by atoms with E-state index < -0.39 is 5.41 Å². The third kappa shape index (κ3) is 2.38. The molecule has 0 aromatic carbocycles. The van der Waals surface area contributed by atoms with E-state index in [9.17, 15) is 14.9 Å². The topological polar surface area (TPSA) is 57.9 Å². The Labute approximate surface area is 194 Å². The molecule has 32 heavy (non-hydrogen) atoms.